The summed E-state index contributed by atoms with van der Waals surface area (Å²) in [6, 6.07) is 28.0. The molecule has 0 saturated heterocycles. The molecule has 0 aromatic heterocycles. The maximum absolute atomic E-state index is 13.1. The van der Waals surface area contributed by atoms with E-state index >= 15 is 0 Å². The van der Waals surface area contributed by atoms with Crippen LogP contribution in [0.25, 0.3) is 32.3 Å². The Morgan fingerprint density at radius 2 is 1.42 bits per heavy atom. The van der Waals surface area contributed by atoms with Crippen LogP contribution in [-0.2, 0) is 0 Å². The summed E-state index contributed by atoms with van der Waals surface area (Å²) in [7, 11) is 0. The topological polar surface area (TPSA) is 61.8 Å². The minimum absolute atomic E-state index is 0.227. The van der Waals surface area contributed by atoms with E-state index in [0.29, 0.717) is 23.1 Å². The zero-order valence-corrected chi connectivity index (χ0v) is 20.0. The second-order valence-corrected chi connectivity index (χ2v) is 9.11. The van der Waals surface area contributed by atoms with Crippen molar-refractivity contribution in [3.8, 4) is 0 Å². The number of nitrogens with one attached hydrogen (secondary N) is 1. The molecule has 1 aliphatic rings. The van der Waals surface area contributed by atoms with Crippen molar-refractivity contribution < 1.29 is 9.59 Å². The van der Waals surface area contributed by atoms with Gasteiger partial charge in [-0.2, -0.15) is 5.10 Å². The molecular weight excluding hydrogens is 446 g/mol. The van der Waals surface area contributed by atoms with Gasteiger partial charge in [-0.05, 0) is 52.2 Å². The summed E-state index contributed by atoms with van der Waals surface area (Å²) in [4.78, 5) is 27.6. The zero-order chi connectivity index (χ0) is 24.6. The third-order valence-electron chi connectivity index (χ3n) is 6.92. The van der Waals surface area contributed by atoms with Crippen LogP contribution >= 0.6 is 0 Å². The quantitative estimate of drug-likeness (QED) is 0.126. The summed E-state index contributed by atoms with van der Waals surface area (Å²) in [5, 5.41) is 10.7. The molecule has 0 atom stereocenters. The first-order valence-corrected chi connectivity index (χ1v) is 12.3. The van der Waals surface area contributed by atoms with Crippen LogP contribution in [0.4, 0.5) is 5.69 Å². The third-order valence-corrected chi connectivity index (χ3v) is 6.92. The van der Waals surface area contributed by atoms with Crippen molar-refractivity contribution >= 4 is 56.0 Å². The van der Waals surface area contributed by atoms with Crippen molar-refractivity contribution in [3.63, 3.8) is 0 Å². The van der Waals surface area contributed by atoms with Crippen LogP contribution in [0.1, 0.15) is 46.0 Å². The SMILES string of the molecule is CCCCN1C(=O)c2cccc3c(N/N=C/c4c5ccccc5cc5ccccc45)ccc(c23)C1=O. The number of fused-ring (bicyclic) bond motifs is 2. The lowest BCUT2D eigenvalue weighted by atomic mass is 9.93. The van der Waals surface area contributed by atoms with Crippen molar-refractivity contribution in [2.24, 2.45) is 5.10 Å². The van der Waals surface area contributed by atoms with Crippen molar-refractivity contribution in [1.29, 1.82) is 0 Å². The van der Waals surface area contributed by atoms with Crippen LogP contribution in [0, 0.1) is 0 Å². The Balaban J connectivity index is 1.40. The molecule has 36 heavy (non-hydrogen) atoms. The number of anilines is 1. The van der Waals surface area contributed by atoms with Gasteiger partial charge in [0, 0.05) is 34.0 Å². The molecule has 0 radical (unpaired) electrons. The molecule has 5 aromatic rings. The smallest absolute Gasteiger partial charge is 0.261 e. The normalized spacial score (nSPS) is 13.4. The average molecular weight is 472 g/mol. The number of benzene rings is 5. The van der Waals surface area contributed by atoms with Crippen LogP contribution in [-0.4, -0.2) is 29.5 Å². The van der Waals surface area contributed by atoms with E-state index in [4.69, 9.17) is 0 Å². The molecule has 176 valence electrons. The number of unbranched alkanes of at least 4 members (excludes halogenated alkanes) is 1. The number of hydrazone groups is 1. The monoisotopic (exact) mass is 471 g/mol. The van der Waals surface area contributed by atoms with Crippen LogP contribution < -0.4 is 5.43 Å². The highest BCUT2D eigenvalue weighted by molar-refractivity contribution is 6.26. The highest BCUT2D eigenvalue weighted by Crippen LogP contribution is 2.35. The summed E-state index contributed by atoms with van der Waals surface area (Å²) in [6.07, 6.45) is 3.56. The molecule has 0 saturated carbocycles. The fraction of sp³-hybridized carbons (Fsp3) is 0.129. The zero-order valence-electron chi connectivity index (χ0n) is 20.0. The van der Waals surface area contributed by atoms with Crippen LogP contribution in [0.5, 0.6) is 0 Å². The first-order valence-electron chi connectivity index (χ1n) is 12.3. The van der Waals surface area contributed by atoms with Crippen molar-refractivity contribution in [2.45, 2.75) is 19.8 Å². The lowest BCUT2D eigenvalue weighted by molar-refractivity contribution is 0.0608. The summed E-state index contributed by atoms with van der Waals surface area (Å²) in [6.45, 7) is 2.49. The van der Waals surface area contributed by atoms with E-state index in [-0.39, 0.29) is 11.8 Å². The number of carbonyl (C=O) groups is 2. The lowest BCUT2D eigenvalue weighted by Gasteiger charge is -2.27. The van der Waals surface area contributed by atoms with E-state index in [1.807, 2.05) is 55.6 Å². The molecule has 1 heterocycles. The van der Waals surface area contributed by atoms with Crippen molar-refractivity contribution in [1.82, 2.24) is 4.90 Å². The molecule has 1 N–H and O–H groups in total. The van der Waals surface area contributed by atoms with E-state index in [2.05, 4.69) is 40.9 Å². The summed E-state index contributed by atoms with van der Waals surface area (Å²) >= 11 is 0. The molecule has 0 fully saturated rings. The van der Waals surface area contributed by atoms with Gasteiger partial charge in [-0.3, -0.25) is 19.9 Å². The Bertz CT molecular complexity index is 1630. The molecule has 0 unspecified atom stereocenters. The van der Waals surface area contributed by atoms with Crippen molar-refractivity contribution in [2.75, 3.05) is 12.0 Å². The Labute approximate surface area is 209 Å². The van der Waals surface area contributed by atoms with Gasteiger partial charge >= 0.3 is 0 Å². The van der Waals surface area contributed by atoms with Gasteiger partial charge in [0.1, 0.15) is 0 Å². The predicted octanol–water partition coefficient (Wildman–Crippen LogP) is 6.99. The Morgan fingerprint density at radius 1 is 0.778 bits per heavy atom. The molecule has 0 bridgehead atoms. The number of hydrogen-bond donors (Lipinski definition) is 1. The van der Waals surface area contributed by atoms with Gasteiger partial charge < -0.3 is 0 Å². The Hall–Kier alpha value is -4.51. The van der Waals surface area contributed by atoms with E-state index in [1.165, 1.54) is 4.90 Å². The number of hydrogen-bond acceptors (Lipinski definition) is 4. The highest BCUT2D eigenvalue weighted by atomic mass is 16.2. The second-order valence-electron chi connectivity index (χ2n) is 9.11. The molecule has 1 aliphatic heterocycles. The van der Waals surface area contributed by atoms with E-state index in [9.17, 15) is 9.59 Å². The van der Waals surface area contributed by atoms with Gasteiger partial charge in [0.05, 0.1) is 11.9 Å². The molecule has 2 amide bonds. The number of imide groups is 1. The van der Waals surface area contributed by atoms with Gasteiger partial charge in [0.25, 0.3) is 11.8 Å². The fourth-order valence-electron chi connectivity index (χ4n) is 5.12. The summed E-state index contributed by atoms with van der Waals surface area (Å²) in [5.74, 6) is -0.455. The summed E-state index contributed by atoms with van der Waals surface area (Å²) < 4.78 is 0. The molecule has 6 rings (SSSR count). The first kappa shape index (κ1) is 22.0. The lowest BCUT2D eigenvalue weighted by Crippen LogP contribution is -2.40. The number of amides is 2. The molecule has 5 heteroatoms. The third kappa shape index (κ3) is 3.52. The maximum atomic E-state index is 13.1. The minimum atomic E-state index is -0.227. The largest absolute Gasteiger partial charge is 0.278 e. The van der Waals surface area contributed by atoms with E-state index in [0.717, 1.165) is 51.0 Å². The predicted molar refractivity (Wildman–Crippen MR) is 147 cm³/mol. The minimum Gasteiger partial charge on any atom is -0.278 e. The second kappa shape index (κ2) is 8.93. The first-order chi connectivity index (χ1) is 17.7. The molecular formula is C31H25N3O2. The Kier molecular flexibility index (Phi) is 5.45. The van der Waals surface area contributed by atoms with E-state index < -0.39 is 0 Å². The summed E-state index contributed by atoms with van der Waals surface area (Å²) in [5.41, 5.74) is 6.09. The maximum Gasteiger partial charge on any atom is 0.261 e. The standard InChI is InChI=1S/C31H25N3O2/c1-2-3-17-34-30(35)25-14-8-13-24-28(16-15-26(29(24)25)31(34)36)33-32-19-27-22-11-6-4-9-20(22)18-21-10-5-7-12-23(21)27/h4-16,18-19,33H,2-3,17H2,1H3/b32-19+. The van der Waals surface area contributed by atoms with Gasteiger partial charge in [-0.1, -0.05) is 74.0 Å². The molecule has 5 aromatic carbocycles. The van der Waals surface area contributed by atoms with Gasteiger partial charge in [-0.25, -0.2) is 0 Å². The average Bonchev–Trinajstić information content (AvgIpc) is 2.91. The van der Waals surface area contributed by atoms with Crippen LogP contribution in [0.3, 0.4) is 0 Å². The Morgan fingerprint density at radius 3 is 2.11 bits per heavy atom. The fourth-order valence-corrected chi connectivity index (χ4v) is 5.12. The van der Waals surface area contributed by atoms with E-state index in [1.54, 1.807) is 12.1 Å². The number of rotatable bonds is 6. The van der Waals surface area contributed by atoms with Gasteiger partial charge in [0.2, 0.25) is 0 Å². The van der Waals surface area contributed by atoms with Crippen LogP contribution in [0.2, 0.25) is 0 Å². The molecule has 5 nitrogen and oxygen atoms in total. The van der Waals surface area contributed by atoms with Gasteiger partial charge in [0.15, 0.2) is 0 Å². The molecule has 0 aliphatic carbocycles. The van der Waals surface area contributed by atoms with Gasteiger partial charge in [-0.15, -0.1) is 0 Å². The molecule has 0 spiro atoms. The van der Waals surface area contributed by atoms with Crippen LogP contribution in [0.15, 0.2) is 90.0 Å². The number of carbonyl (C=O) groups excluding carboxylic acids is 2. The number of nitrogens with zero attached hydrogens (tertiary/aromatic N) is 2. The van der Waals surface area contributed by atoms with Crippen molar-refractivity contribution in [3.05, 3.63) is 102 Å². The highest BCUT2D eigenvalue weighted by Gasteiger charge is 2.32.